The normalized spacial score (nSPS) is 44.8. The highest BCUT2D eigenvalue weighted by molar-refractivity contribution is 5.78. The first-order valence-electron chi connectivity index (χ1n) is 4.60. The number of hydrogen-bond donors (Lipinski definition) is 0. The molecule has 0 spiro atoms. The Morgan fingerprint density at radius 1 is 1.00 bits per heavy atom. The molecular weight excluding hydrogens is 164 g/mol. The van der Waals surface area contributed by atoms with E-state index in [1.807, 2.05) is 12.2 Å². The monoisotopic (exact) mass is 174 g/mol. The highest BCUT2D eigenvalue weighted by Crippen LogP contribution is 2.36. The summed E-state index contributed by atoms with van der Waals surface area (Å²) in [6.07, 6.45) is 12.4. The van der Waals surface area contributed by atoms with Crippen LogP contribution in [0.4, 0.5) is 0 Å². The summed E-state index contributed by atoms with van der Waals surface area (Å²) in [6, 6.07) is 0. The Hall–Kier alpha value is -1.31. The second-order valence-corrected chi connectivity index (χ2v) is 3.74. The SMILES string of the molecule is O=C1O[C@H]2C=C[C@@H]3C=C[C@@H]2[C@H]1C=C3. The van der Waals surface area contributed by atoms with Crippen LogP contribution < -0.4 is 0 Å². The van der Waals surface area contributed by atoms with Gasteiger partial charge in [0.05, 0.1) is 5.92 Å². The maximum absolute atomic E-state index is 11.4. The number of fused-ring (bicyclic) bond motifs is 1. The molecule has 2 aliphatic carbocycles. The molecule has 0 aromatic carbocycles. The minimum absolute atomic E-state index is 0.0244. The summed E-state index contributed by atoms with van der Waals surface area (Å²) in [7, 11) is 0. The fourth-order valence-electron chi connectivity index (χ4n) is 2.19. The maximum atomic E-state index is 11.4. The third kappa shape index (κ3) is 0.916. The van der Waals surface area contributed by atoms with Gasteiger partial charge in [-0.1, -0.05) is 30.4 Å². The van der Waals surface area contributed by atoms with Crippen LogP contribution in [-0.4, -0.2) is 12.1 Å². The van der Waals surface area contributed by atoms with Crippen LogP contribution in [0.25, 0.3) is 0 Å². The Bertz CT molecular complexity index is 330. The van der Waals surface area contributed by atoms with Gasteiger partial charge in [0.2, 0.25) is 0 Å². The third-order valence-electron chi connectivity index (χ3n) is 2.94. The summed E-state index contributed by atoms with van der Waals surface area (Å²) in [5, 5.41) is 0. The van der Waals surface area contributed by atoms with E-state index in [1.54, 1.807) is 0 Å². The van der Waals surface area contributed by atoms with Crippen molar-refractivity contribution in [2.24, 2.45) is 17.8 Å². The molecule has 4 atom stereocenters. The molecule has 0 aromatic rings. The molecule has 2 bridgehead atoms. The Labute approximate surface area is 76.6 Å². The van der Waals surface area contributed by atoms with E-state index < -0.39 is 0 Å². The summed E-state index contributed by atoms with van der Waals surface area (Å²) in [5.74, 6) is 0.457. The van der Waals surface area contributed by atoms with E-state index >= 15 is 0 Å². The average molecular weight is 174 g/mol. The molecule has 3 rings (SSSR count). The lowest BCUT2D eigenvalue weighted by Gasteiger charge is -2.10. The van der Waals surface area contributed by atoms with Crippen molar-refractivity contribution in [3.05, 3.63) is 36.5 Å². The molecule has 66 valence electrons. The molecule has 2 nitrogen and oxygen atoms in total. The van der Waals surface area contributed by atoms with Gasteiger partial charge in [-0.3, -0.25) is 4.79 Å². The predicted molar refractivity (Wildman–Crippen MR) is 47.8 cm³/mol. The number of carbonyl (C=O) groups is 1. The lowest BCUT2D eigenvalue weighted by Crippen LogP contribution is -2.15. The van der Waals surface area contributed by atoms with Crippen molar-refractivity contribution in [2.45, 2.75) is 6.10 Å². The van der Waals surface area contributed by atoms with Gasteiger partial charge in [-0.05, 0) is 6.08 Å². The van der Waals surface area contributed by atoms with Crippen LogP contribution in [0.2, 0.25) is 0 Å². The standard InChI is InChI=1S/C11H10O2/c12-11-9-5-2-7-1-4-8(9)10(13-11)6-3-7/h1-10H/t7-,8-,9-,10+/m1/s1. The average Bonchev–Trinajstić information content (AvgIpc) is 2.29. The summed E-state index contributed by atoms with van der Waals surface area (Å²) >= 11 is 0. The lowest BCUT2D eigenvalue weighted by molar-refractivity contribution is -0.141. The van der Waals surface area contributed by atoms with E-state index in [1.165, 1.54) is 0 Å². The second kappa shape index (κ2) is 2.34. The highest BCUT2D eigenvalue weighted by atomic mass is 16.6. The number of allylic oxidation sites excluding steroid dienone is 3. The molecule has 1 saturated heterocycles. The molecular formula is C11H10O2. The first-order valence-corrected chi connectivity index (χ1v) is 4.60. The summed E-state index contributed by atoms with van der Waals surface area (Å²) in [5.41, 5.74) is 0. The number of carbonyl (C=O) groups excluding carboxylic acids is 1. The summed E-state index contributed by atoms with van der Waals surface area (Å²) in [6.45, 7) is 0. The van der Waals surface area contributed by atoms with Crippen molar-refractivity contribution < 1.29 is 9.53 Å². The van der Waals surface area contributed by atoms with Gasteiger partial charge in [-0.2, -0.15) is 0 Å². The van der Waals surface area contributed by atoms with Crippen LogP contribution in [-0.2, 0) is 9.53 Å². The molecule has 0 amide bonds. The molecule has 3 aliphatic rings. The van der Waals surface area contributed by atoms with Crippen LogP contribution in [0.1, 0.15) is 0 Å². The van der Waals surface area contributed by atoms with Crippen LogP contribution in [0.15, 0.2) is 36.5 Å². The van der Waals surface area contributed by atoms with Gasteiger partial charge < -0.3 is 4.74 Å². The van der Waals surface area contributed by atoms with Gasteiger partial charge in [-0.25, -0.2) is 0 Å². The molecule has 1 fully saturated rings. The van der Waals surface area contributed by atoms with E-state index in [-0.39, 0.29) is 23.9 Å². The van der Waals surface area contributed by atoms with Crippen LogP contribution in [0.5, 0.6) is 0 Å². The molecule has 0 unspecified atom stereocenters. The maximum Gasteiger partial charge on any atom is 0.314 e. The number of ether oxygens (including phenoxy) is 1. The Morgan fingerprint density at radius 3 is 2.69 bits per heavy atom. The van der Waals surface area contributed by atoms with Gasteiger partial charge in [0, 0.05) is 11.8 Å². The van der Waals surface area contributed by atoms with Gasteiger partial charge in [0.25, 0.3) is 0 Å². The minimum atomic E-state index is -0.0805. The first kappa shape index (κ1) is 7.13. The Morgan fingerprint density at radius 2 is 1.77 bits per heavy atom. The zero-order chi connectivity index (χ0) is 8.84. The number of rotatable bonds is 0. The topological polar surface area (TPSA) is 26.3 Å². The highest BCUT2D eigenvalue weighted by Gasteiger charge is 2.42. The molecule has 0 radical (unpaired) electrons. The number of esters is 1. The molecule has 0 saturated carbocycles. The van der Waals surface area contributed by atoms with Gasteiger partial charge in [-0.15, -0.1) is 0 Å². The number of hydrogen-bond acceptors (Lipinski definition) is 2. The first-order chi connectivity index (χ1) is 6.34. The van der Waals surface area contributed by atoms with Gasteiger partial charge in [0.1, 0.15) is 6.10 Å². The van der Waals surface area contributed by atoms with Gasteiger partial charge in [0.15, 0.2) is 0 Å². The molecule has 1 aliphatic heterocycles. The lowest BCUT2D eigenvalue weighted by atomic mass is 9.90. The molecule has 2 heteroatoms. The van der Waals surface area contributed by atoms with E-state index in [4.69, 9.17) is 4.74 Å². The van der Waals surface area contributed by atoms with Crippen molar-refractivity contribution >= 4 is 5.97 Å². The van der Waals surface area contributed by atoms with Gasteiger partial charge >= 0.3 is 5.97 Å². The van der Waals surface area contributed by atoms with E-state index in [2.05, 4.69) is 24.3 Å². The fraction of sp³-hybridized carbons (Fsp3) is 0.364. The fourth-order valence-corrected chi connectivity index (χ4v) is 2.19. The quantitative estimate of drug-likeness (QED) is 0.410. The zero-order valence-corrected chi connectivity index (χ0v) is 7.09. The van der Waals surface area contributed by atoms with Crippen LogP contribution >= 0.6 is 0 Å². The van der Waals surface area contributed by atoms with Crippen LogP contribution in [0, 0.1) is 17.8 Å². The molecule has 0 aromatic heterocycles. The molecule has 13 heavy (non-hydrogen) atoms. The van der Waals surface area contributed by atoms with E-state index in [0.717, 1.165) is 0 Å². The van der Waals surface area contributed by atoms with E-state index in [9.17, 15) is 4.79 Å². The van der Waals surface area contributed by atoms with E-state index in [0.29, 0.717) is 5.92 Å². The van der Waals surface area contributed by atoms with Crippen molar-refractivity contribution in [3.63, 3.8) is 0 Å². The van der Waals surface area contributed by atoms with Crippen molar-refractivity contribution in [2.75, 3.05) is 0 Å². The summed E-state index contributed by atoms with van der Waals surface area (Å²) < 4.78 is 5.25. The minimum Gasteiger partial charge on any atom is -0.457 e. The Balaban J connectivity index is 2.15. The third-order valence-corrected chi connectivity index (χ3v) is 2.94. The van der Waals surface area contributed by atoms with Crippen LogP contribution in [0.3, 0.4) is 0 Å². The summed E-state index contributed by atoms with van der Waals surface area (Å²) in [4.78, 5) is 11.4. The van der Waals surface area contributed by atoms with Crippen molar-refractivity contribution in [1.29, 1.82) is 0 Å². The largest absolute Gasteiger partial charge is 0.457 e. The Kier molecular flexibility index (Phi) is 1.29. The second-order valence-electron chi connectivity index (χ2n) is 3.74. The molecule has 1 heterocycles. The zero-order valence-electron chi connectivity index (χ0n) is 7.09. The molecule has 0 N–H and O–H groups in total. The van der Waals surface area contributed by atoms with Crippen molar-refractivity contribution in [1.82, 2.24) is 0 Å². The smallest absolute Gasteiger partial charge is 0.314 e. The van der Waals surface area contributed by atoms with Crippen molar-refractivity contribution in [3.8, 4) is 0 Å². The predicted octanol–water partition coefficient (Wildman–Crippen LogP) is 1.46.